The standard InChI is InChI=1S/C28H29F3N2O4S.C13H19NO.C4H6O6/c1-16-7-8-19(14-22(16)37-27(3,4)26(35)36)20-6-5-13-33(15-20)25(34)23-17(2)32-24(38-23)18-9-11-21(12-10-18)28(29,30)31;1-10-5-6-11(8-13(10)15-2)12-4-3-7-14-9-12;5-1(3(7)8)2(6)4(9)10/h7-12,14,20H,5-6,13,15H2,1-4H3,(H,35,36);5-6,8,12,14H,3-4,7,9H2,1-2H3;1-2,5-6H,(H,7,8)(H,9,10)/t20-;;/m0../s1. The fourth-order valence-electron chi connectivity index (χ4n) is 6.89. The van der Waals surface area contributed by atoms with Gasteiger partial charge in [-0.3, -0.25) is 4.79 Å². The summed E-state index contributed by atoms with van der Waals surface area (Å²) in [4.78, 5) is 51.3. The van der Waals surface area contributed by atoms with Crippen molar-refractivity contribution in [1.82, 2.24) is 15.2 Å². The van der Waals surface area contributed by atoms with Crippen molar-refractivity contribution in [2.75, 3.05) is 33.3 Å². The number of alkyl halides is 3. The van der Waals surface area contributed by atoms with Crippen LogP contribution < -0.4 is 14.8 Å². The molecule has 63 heavy (non-hydrogen) atoms. The van der Waals surface area contributed by atoms with E-state index < -0.39 is 47.5 Å². The van der Waals surface area contributed by atoms with Crippen molar-refractivity contribution in [2.45, 2.75) is 96.1 Å². The third-order valence-electron chi connectivity index (χ3n) is 10.7. The van der Waals surface area contributed by atoms with E-state index in [1.54, 1.807) is 18.9 Å². The van der Waals surface area contributed by atoms with E-state index in [1.165, 1.54) is 67.8 Å². The number of nitrogens with one attached hydrogen (secondary N) is 1. The Balaban J connectivity index is 0.000000283. The number of carbonyl (C=O) groups is 4. The predicted molar refractivity (Wildman–Crippen MR) is 229 cm³/mol. The van der Waals surface area contributed by atoms with E-state index in [2.05, 4.69) is 35.4 Å². The number of carboxylic acid groups (broad SMARTS) is 3. The number of likely N-dealkylation sites (tertiary alicyclic amines) is 1. The Morgan fingerprint density at radius 3 is 1.90 bits per heavy atom. The number of amides is 1. The molecule has 18 heteroatoms. The summed E-state index contributed by atoms with van der Waals surface area (Å²) in [5, 5.41) is 45.9. The van der Waals surface area contributed by atoms with Gasteiger partial charge >= 0.3 is 24.1 Å². The lowest BCUT2D eigenvalue weighted by atomic mass is 9.89. The molecule has 2 saturated heterocycles. The van der Waals surface area contributed by atoms with Crippen LogP contribution in [0.3, 0.4) is 0 Å². The number of ether oxygens (including phenoxy) is 2. The van der Waals surface area contributed by atoms with Crippen LogP contribution in [0, 0.1) is 20.8 Å². The van der Waals surface area contributed by atoms with Gasteiger partial charge in [-0.05, 0) is 119 Å². The number of carboxylic acids is 3. The Labute approximate surface area is 367 Å². The van der Waals surface area contributed by atoms with Crippen molar-refractivity contribution in [1.29, 1.82) is 0 Å². The number of aliphatic hydroxyl groups excluding tert-OH is 2. The molecular weight excluding hydrogens is 848 g/mol. The summed E-state index contributed by atoms with van der Waals surface area (Å²) in [6.07, 6.45) is -4.72. The minimum atomic E-state index is -4.42. The molecule has 4 aromatic rings. The van der Waals surface area contributed by atoms with Crippen LogP contribution in [0.1, 0.15) is 94.5 Å². The number of benzene rings is 3. The van der Waals surface area contributed by atoms with Crippen LogP contribution in [0.2, 0.25) is 0 Å². The van der Waals surface area contributed by atoms with E-state index in [0.717, 1.165) is 48.4 Å². The highest BCUT2D eigenvalue weighted by Gasteiger charge is 2.33. The van der Waals surface area contributed by atoms with Crippen molar-refractivity contribution >= 4 is 35.2 Å². The van der Waals surface area contributed by atoms with Crippen molar-refractivity contribution in [3.8, 4) is 22.1 Å². The average molecular weight is 902 g/mol. The fraction of sp³-hybridized carbons (Fsp3) is 0.444. The van der Waals surface area contributed by atoms with E-state index in [4.69, 9.17) is 29.9 Å². The molecule has 0 spiro atoms. The molecule has 0 aliphatic carbocycles. The summed E-state index contributed by atoms with van der Waals surface area (Å²) in [5.41, 5.74) is 3.36. The van der Waals surface area contributed by atoms with Crippen LogP contribution in [0.15, 0.2) is 60.7 Å². The Kier molecular flexibility index (Phi) is 17.2. The smallest absolute Gasteiger partial charge is 0.416 e. The minimum absolute atomic E-state index is 0.0474. The molecule has 6 N–H and O–H groups in total. The van der Waals surface area contributed by atoms with E-state index in [9.17, 15) is 37.5 Å². The molecule has 2 aliphatic heterocycles. The number of aliphatic carboxylic acids is 3. The Bertz CT molecular complexity index is 2210. The number of hydrogen-bond acceptors (Lipinski definition) is 11. The van der Waals surface area contributed by atoms with Gasteiger partial charge in [0.2, 0.25) is 0 Å². The number of halogens is 3. The average Bonchev–Trinajstić information content (AvgIpc) is 3.65. The quantitative estimate of drug-likeness (QED) is 0.0891. The molecule has 0 saturated carbocycles. The maximum atomic E-state index is 13.5. The number of methoxy groups -OCH3 is 1. The summed E-state index contributed by atoms with van der Waals surface area (Å²) in [7, 11) is 1.74. The van der Waals surface area contributed by atoms with E-state index >= 15 is 0 Å². The summed E-state index contributed by atoms with van der Waals surface area (Å²) >= 11 is 1.18. The first-order chi connectivity index (χ1) is 29.5. The number of thiazole rings is 1. The molecule has 3 heterocycles. The highest BCUT2D eigenvalue weighted by Crippen LogP contribution is 2.36. The molecule has 14 nitrogen and oxygen atoms in total. The van der Waals surface area contributed by atoms with E-state index in [1.807, 2.05) is 25.1 Å². The topological polar surface area (TPSA) is 216 Å². The third kappa shape index (κ3) is 13.5. The van der Waals surface area contributed by atoms with Crippen LogP contribution in [0.5, 0.6) is 11.5 Å². The third-order valence-corrected chi connectivity index (χ3v) is 11.9. The zero-order chi connectivity index (χ0) is 46.8. The zero-order valence-corrected chi connectivity index (χ0v) is 36.7. The number of nitrogens with zero attached hydrogens (tertiary/aromatic N) is 2. The normalized spacial score (nSPS) is 17.5. The van der Waals surface area contributed by atoms with Gasteiger partial charge in [-0.25, -0.2) is 19.4 Å². The molecule has 6 rings (SSSR count). The van der Waals surface area contributed by atoms with Gasteiger partial charge in [-0.15, -0.1) is 11.3 Å². The summed E-state index contributed by atoms with van der Waals surface area (Å²) in [6, 6.07) is 17.1. The van der Waals surface area contributed by atoms with Crippen molar-refractivity contribution in [3.63, 3.8) is 0 Å². The minimum Gasteiger partial charge on any atom is -0.496 e. The lowest BCUT2D eigenvalue weighted by molar-refractivity contribution is -0.165. The lowest BCUT2D eigenvalue weighted by Crippen LogP contribution is -2.39. The summed E-state index contributed by atoms with van der Waals surface area (Å²) < 4.78 is 49.9. The second-order valence-corrected chi connectivity index (χ2v) is 16.9. The van der Waals surface area contributed by atoms with Gasteiger partial charge in [0.1, 0.15) is 21.4 Å². The Hall–Kier alpha value is -5.56. The van der Waals surface area contributed by atoms with Gasteiger partial charge in [0.05, 0.1) is 18.4 Å². The SMILES string of the molecule is COc1cc(C2CCCNC2)ccc1C.Cc1ccc([C@H]2CCCN(C(=O)c3sc(-c4ccc(C(F)(F)F)cc4)nc3C)C2)cc1OC(C)(C)C(=O)O.O=C(O)C(O)C(O)C(=O)O. The van der Waals surface area contributed by atoms with Crippen molar-refractivity contribution < 1.29 is 67.4 Å². The monoisotopic (exact) mass is 901 g/mol. The first-order valence-electron chi connectivity index (χ1n) is 20.2. The second-order valence-electron chi connectivity index (χ2n) is 15.9. The van der Waals surface area contributed by atoms with E-state index in [0.29, 0.717) is 45.9 Å². The largest absolute Gasteiger partial charge is 0.496 e. The molecule has 2 fully saturated rings. The zero-order valence-electron chi connectivity index (χ0n) is 35.9. The maximum absolute atomic E-state index is 13.5. The number of aliphatic hydroxyl groups is 2. The maximum Gasteiger partial charge on any atom is 0.416 e. The molecule has 3 aromatic carbocycles. The highest BCUT2D eigenvalue weighted by atomic mass is 32.1. The lowest BCUT2D eigenvalue weighted by Gasteiger charge is -2.33. The van der Waals surface area contributed by atoms with E-state index in [-0.39, 0.29) is 11.8 Å². The number of aryl methyl sites for hydroxylation is 3. The Morgan fingerprint density at radius 1 is 0.825 bits per heavy atom. The van der Waals surface area contributed by atoms with Crippen LogP contribution >= 0.6 is 11.3 Å². The number of aromatic nitrogens is 1. The first kappa shape index (κ1) is 50.1. The Morgan fingerprint density at radius 2 is 1.38 bits per heavy atom. The molecule has 0 radical (unpaired) electrons. The van der Waals surface area contributed by atoms with Gasteiger partial charge in [0, 0.05) is 31.1 Å². The first-order valence-corrected chi connectivity index (χ1v) is 21.0. The van der Waals surface area contributed by atoms with Crippen LogP contribution in [0.4, 0.5) is 13.2 Å². The molecule has 2 aliphatic rings. The van der Waals surface area contributed by atoms with Gasteiger partial charge in [-0.2, -0.15) is 13.2 Å². The summed E-state index contributed by atoms with van der Waals surface area (Å²) in [5.74, 6) is -2.54. The number of carbonyl (C=O) groups excluding carboxylic acids is 1. The molecule has 1 aromatic heterocycles. The molecule has 342 valence electrons. The molecule has 0 bridgehead atoms. The fourth-order valence-corrected chi connectivity index (χ4v) is 7.93. The van der Waals surface area contributed by atoms with Crippen molar-refractivity contribution in [2.24, 2.45) is 0 Å². The van der Waals surface area contributed by atoms with Gasteiger partial charge in [-0.1, -0.05) is 36.4 Å². The van der Waals surface area contributed by atoms with Gasteiger partial charge in [0.15, 0.2) is 17.8 Å². The molecule has 3 unspecified atom stereocenters. The van der Waals surface area contributed by atoms with Crippen LogP contribution in [0.25, 0.3) is 10.6 Å². The molecule has 4 atom stereocenters. The predicted octanol–water partition coefficient (Wildman–Crippen LogP) is 7.06. The summed E-state index contributed by atoms with van der Waals surface area (Å²) in [6.45, 7) is 12.0. The van der Waals surface area contributed by atoms with Gasteiger partial charge in [0.25, 0.3) is 5.91 Å². The number of piperidine rings is 2. The molecule has 1 amide bonds. The highest BCUT2D eigenvalue weighted by molar-refractivity contribution is 7.17. The van der Waals surface area contributed by atoms with Crippen LogP contribution in [-0.4, -0.2) is 110 Å². The molecular formula is C45H54F3N3O11S. The number of hydrogen-bond donors (Lipinski definition) is 6. The number of rotatable bonds is 11. The van der Waals surface area contributed by atoms with Crippen molar-refractivity contribution in [3.05, 3.63) is 99.1 Å². The van der Waals surface area contributed by atoms with Crippen LogP contribution in [-0.2, 0) is 20.6 Å². The second kappa shape index (κ2) is 21.7. The van der Waals surface area contributed by atoms with Gasteiger partial charge < -0.3 is 45.2 Å².